The highest BCUT2D eigenvalue weighted by Gasteiger charge is 2.16. The van der Waals surface area contributed by atoms with Crippen LogP contribution in [0.3, 0.4) is 0 Å². The molecule has 1 aromatic heterocycles. The fourth-order valence-corrected chi connectivity index (χ4v) is 2.36. The number of methoxy groups -OCH3 is 1. The molecule has 1 unspecified atom stereocenters. The Kier molecular flexibility index (Phi) is 4.37. The molecule has 1 aromatic carbocycles. The van der Waals surface area contributed by atoms with Gasteiger partial charge in [0, 0.05) is 11.9 Å². The lowest BCUT2D eigenvalue weighted by atomic mass is 9.94. The lowest BCUT2D eigenvalue weighted by Crippen LogP contribution is -2.29. The lowest BCUT2D eigenvalue weighted by molar-refractivity contribution is 0.411. The second-order valence-corrected chi connectivity index (χ2v) is 5.01. The van der Waals surface area contributed by atoms with Crippen molar-refractivity contribution in [3.63, 3.8) is 0 Å². The third kappa shape index (κ3) is 2.81. The number of pyridine rings is 1. The summed E-state index contributed by atoms with van der Waals surface area (Å²) in [4.78, 5) is 4.34. The van der Waals surface area contributed by atoms with Gasteiger partial charge in [-0.1, -0.05) is 12.1 Å². The van der Waals surface area contributed by atoms with Crippen LogP contribution in [0.15, 0.2) is 30.5 Å². The van der Waals surface area contributed by atoms with Gasteiger partial charge in [-0.25, -0.2) is 5.43 Å². The predicted octanol–water partition coefficient (Wildman–Crippen LogP) is 2.57. The Morgan fingerprint density at radius 2 is 1.90 bits per heavy atom. The first-order valence-corrected chi connectivity index (χ1v) is 6.60. The first-order chi connectivity index (χ1) is 9.56. The summed E-state index contributed by atoms with van der Waals surface area (Å²) in [5.74, 6) is 6.65. The van der Waals surface area contributed by atoms with Crippen molar-refractivity contribution in [1.29, 1.82) is 0 Å². The van der Waals surface area contributed by atoms with Crippen molar-refractivity contribution < 1.29 is 4.74 Å². The molecule has 0 aliphatic heterocycles. The molecule has 0 amide bonds. The van der Waals surface area contributed by atoms with Gasteiger partial charge in [0.2, 0.25) is 0 Å². The van der Waals surface area contributed by atoms with E-state index in [1.165, 1.54) is 0 Å². The second-order valence-electron chi connectivity index (χ2n) is 5.01. The van der Waals surface area contributed by atoms with Crippen molar-refractivity contribution in [2.24, 2.45) is 5.84 Å². The number of aromatic nitrogens is 1. The number of nitrogens with one attached hydrogen (secondary N) is 1. The smallest absolute Gasteiger partial charge is 0.122 e. The number of rotatable bonds is 4. The number of hydrogen-bond donors (Lipinski definition) is 2. The molecule has 0 fully saturated rings. The number of hydrogen-bond acceptors (Lipinski definition) is 4. The summed E-state index contributed by atoms with van der Waals surface area (Å²) in [5, 5.41) is 0. The van der Waals surface area contributed by atoms with E-state index in [0.29, 0.717) is 0 Å². The van der Waals surface area contributed by atoms with E-state index in [4.69, 9.17) is 10.6 Å². The minimum absolute atomic E-state index is 0.0762. The van der Waals surface area contributed by atoms with E-state index < -0.39 is 0 Å². The van der Waals surface area contributed by atoms with Crippen LogP contribution in [-0.4, -0.2) is 12.1 Å². The van der Waals surface area contributed by atoms with Crippen LogP contribution < -0.4 is 16.0 Å². The summed E-state index contributed by atoms with van der Waals surface area (Å²) in [5.41, 5.74) is 8.28. The van der Waals surface area contributed by atoms with Gasteiger partial charge in [0.1, 0.15) is 5.75 Å². The molecule has 4 nitrogen and oxygen atoms in total. The Labute approximate surface area is 120 Å². The molecule has 0 aliphatic carbocycles. The molecule has 0 radical (unpaired) electrons. The predicted molar refractivity (Wildman–Crippen MR) is 80.6 cm³/mol. The molecule has 0 saturated carbocycles. The normalized spacial score (nSPS) is 12.2. The van der Waals surface area contributed by atoms with Crippen LogP contribution in [0.2, 0.25) is 0 Å². The zero-order valence-corrected chi connectivity index (χ0v) is 12.4. The van der Waals surface area contributed by atoms with Crippen molar-refractivity contribution in [3.05, 3.63) is 58.4 Å². The van der Waals surface area contributed by atoms with E-state index in [-0.39, 0.29) is 6.04 Å². The Morgan fingerprint density at radius 1 is 1.15 bits per heavy atom. The number of benzene rings is 1. The Bertz CT molecular complexity index is 593. The fraction of sp³-hybridized carbons (Fsp3) is 0.312. The number of nitrogens with zero attached hydrogens (tertiary/aromatic N) is 1. The Morgan fingerprint density at radius 3 is 2.45 bits per heavy atom. The zero-order chi connectivity index (χ0) is 14.7. The SMILES string of the molecule is COc1cc(C)c(C(NN)c2ccc(C)nc2)cc1C. The molecule has 3 N–H and O–H groups in total. The summed E-state index contributed by atoms with van der Waals surface area (Å²) in [6.07, 6.45) is 1.86. The molecule has 106 valence electrons. The first-order valence-electron chi connectivity index (χ1n) is 6.60. The van der Waals surface area contributed by atoms with E-state index in [2.05, 4.69) is 23.4 Å². The maximum Gasteiger partial charge on any atom is 0.122 e. The van der Waals surface area contributed by atoms with Crippen molar-refractivity contribution >= 4 is 0 Å². The van der Waals surface area contributed by atoms with Gasteiger partial charge in [-0.15, -0.1) is 0 Å². The van der Waals surface area contributed by atoms with Crippen molar-refractivity contribution in [2.45, 2.75) is 26.8 Å². The standard InChI is InChI=1S/C16H21N3O/c1-10-8-15(20-4)11(2)7-14(10)16(19-17)13-6-5-12(3)18-9-13/h5-9,16,19H,17H2,1-4H3. The van der Waals surface area contributed by atoms with Gasteiger partial charge in [0.25, 0.3) is 0 Å². The van der Waals surface area contributed by atoms with Gasteiger partial charge in [-0.2, -0.15) is 0 Å². The van der Waals surface area contributed by atoms with Gasteiger partial charge in [0.15, 0.2) is 0 Å². The van der Waals surface area contributed by atoms with E-state index in [0.717, 1.165) is 33.7 Å². The van der Waals surface area contributed by atoms with E-state index in [1.54, 1.807) is 7.11 Å². The molecular formula is C16H21N3O. The van der Waals surface area contributed by atoms with Crippen LogP contribution in [-0.2, 0) is 0 Å². The molecular weight excluding hydrogens is 250 g/mol. The lowest BCUT2D eigenvalue weighted by Gasteiger charge is -2.20. The molecule has 2 rings (SSSR count). The molecule has 4 heteroatoms. The van der Waals surface area contributed by atoms with Crippen LogP contribution in [0, 0.1) is 20.8 Å². The summed E-state index contributed by atoms with van der Waals surface area (Å²) in [6, 6.07) is 8.11. The monoisotopic (exact) mass is 271 g/mol. The van der Waals surface area contributed by atoms with Gasteiger partial charge in [0.05, 0.1) is 13.2 Å². The molecule has 1 atom stereocenters. The fourth-order valence-electron chi connectivity index (χ4n) is 2.36. The first kappa shape index (κ1) is 14.5. The average molecular weight is 271 g/mol. The minimum atomic E-state index is -0.0762. The minimum Gasteiger partial charge on any atom is -0.496 e. The Hall–Kier alpha value is -1.91. The summed E-state index contributed by atoms with van der Waals surface area (Å²) in [7, 11) is 1.68. The van der Waals surface area contributed by atoms with E-state index in [9.17, 15) is 0 Å². The zero-order valence-electron chi connectivity index (χ0n) is 12.4. The van der Waals surface area contributed by atoms with Crippen LogP contribution >= 0.6 is 0 Å². The van der Waals surface area contributed by atoms with Crippen LogP contribution in [0.1, 0.15) is 34.0 Å². The van der Waals surface area contributed by atoms with Crippen LogP contribution in [0.5, 0.6) is 5.75 Å². The highest BCUT2D eigenvalue weighted by atomic mass is 16.5. The molecule has 1 heterocycles. The molecule has 0 spiro atoms. The third-order valence-electron chi connectivity index (χ3n) is 3.53. The largest absolute Gasteiger partial charge is 0.496 e. The molecule has 0 aliphatic rings. The molecule has 0 bridgehead atoms. The molecule has 20 heavy (non-hydrogen) atoms. The maximum absolute atomic E-state index is 5.76. The Balaban J connectivity index is 2.46. The van der Waals surface area contributed by atoms with Gasteiger partial charge in [-0.3, -0.25) is 10.8 Å². The van der Waals surface area contributed by atoms with E-state index >= 15 is 0 Å². The summed E-state index contributed by atoms with van der Waals surface area (Å²) >= 11 is 0. The highest BCUT2D eigenvalue weighted by molar-refractivity contribution is 5.45. The van der Waals surface area contributed by atoms with E-state index in [1.807, 2.05) is 38.2 Å². The number of ether oxygens (including phenoxy) is 1. The van der Waals surface area contributed by atoms with Crippen LogP contribution in [0.4, 0.5) is 0 Å². The van der Waals surface area contributed by atoms with Gasteiger partial charge >= 0.3 is 0 Å². The van der Waals surface area contributed by atoms with Crippen molar-refractivity contribution in [3.8, 4) is 5.75 Å². The third-order valence-corrected chi connectivity index (χ3v) is 3.53. The second kappa shape index (κ2) is 6.03. The maximum atomic E-state index is 5.76. The quantitative estimate of drug-likeness (QED) is 0.663. The molecule has 0 saturated heterocycles. The summed E-state index contributed by atoms with van der Waals surface area (Å²) < 4.78 is 5.35. The topological polar surface area (TPSA) is 60.2 Å². The molecule has 2 aromatic rings. The van der Waals surface area contributed by atoms with Crippen molar-refractivity contribution in [1.82, 2.24) is 10.4 Å². The van der Waals surface area contributed by atoms with Crippen LogP contribution in [0.25, 0.3) is 0 Å². The van der Waals surface area contributed by atoms with Gasteiger partial charge in [-0.05, 0) is 55.2 Å². The number of aryl methyl sites for hydroxylation is 3. The average Bonchev–Trinajstić information content (AvgIpc) is 2.45. The summed E-state index contributed by atoms with van der Waals surface area (Å²) in [6.45, 7) is 6.06. The number of hydrazine groups is 1. The number of nitrogens with two attached hydrogens (primary N) is 1. The van der Waals surface area contributed by atoms with Crippen molar-refractivity contribution in [2.75, 3.05) is 7.11 Å². The van der Waals surface area contributed by atoms with Gasteiger partial charge < -0.3 is 4.74 Å². The highest BCUT2D eigenvalue weighted by Crippen LogP contribution is 2.29.